The highest BCUT2D eigenvalue weighted by molar-refractivity contribution is 5.45. The van der Waals surface area contributed by atoms with Crippen molar-refractivity contribution in [1.82, 2.24) is 9.78 Å². The van der Waals surface area contributed by atoms with Crippen molar-refractivity contribution in [3.05, 3.63) is 47.8 Å². The van der Waals surface area contributed by atoms with E-state index in [1.807, 2.05) is 24.3 Å². The molecule has 0 atom stereocenters. The van der Waals surface area contributed by atoms with Gasteiger partial charge in [-0.15, -0.1) is 0 Å². The van der Waals surface area contributed by atoms with Crippen molar-refractivity contribution >= 4 is 5.69 Å². The van der Waals surface area contributed by atoms with Gasteiger partial charge in [-0.2, -0.15) is 10.4 Å². The fraction of sp³-hybridized carbons (Fsp3) is 0.412. The van der Waals surface area contributed by atoms with Crippen LogP contribution in [0, 0.1) is 11.3 Å². The summed E-state index contributed by atoms with van der Waals surface area (Å²) in [5.41, 5.74) is 3.18. The van der Waals surface area contributed by atoms with Crippen LogP contribution in [-0.2, 0) is 13.0 Å². The quantitative estimate of drug-likeness (QED) is 0.909. The Balaban J connectivity index is 1.56. The Hall–Kier alpha value is -2.28. The molecule has 0 bridgehead atoms. The normalized spacial score (nSPS) is 15.0. The lowest BCUT2D eigenvalue weighted by Crippen LogP contribution is -2.07. The minimum absolute atomic E-state index is 0.464. The topological polar surface area (TPSA) is 53.6 Å². The van der Waals surface area contributed by atoms with Gasteiger partial charge in [0.15, 0.2) is 0 Å². The van der Waals surface area contributed by atoms with E-state index >= 15 is 0 Å². The van der Waals surface area contributed by atoms with E-state index < -0.39 is 0 Å². The van der Waals surface area contributed by atoms with E-state index in [1.54, 1.807) is 0 Å². The third-order valence-electron chi connectivity index (χ3n) is 4.07. The van der Waals surface area contributed by atoms with Crippen LogP contribution in [0.5, 0.6) is 0 Å². The van der Waals surface area contributed by atoms with Crippen LogP contribution < -0.4 is 5.32 Å². The maximum Gasteiger partial charge on any atom is 0.0815 e. The first-order chi connectivity index (χ1) is 10.3. The zero-order valence-corrected chi connectivity index (χ0v) is 12.1. The molecule has 1 aliphatic carbocycles. The zero-order chi connectivity index (χ0) is 14.5. The van der Waals surface area contributed by atoms with Gasteiger partial charge in [0, 0.05) is 11.9 Å². The number of nitrogens with one attached hydrogen (secondary N) is 1. The van der Waals surface area contributed by atoms with E-state index in [0.29, 0.717) is 12.5 Å². The molecule has 4 heteroatoms. The monoisotopic (exact) mass is 280 g/mol. The molecule has 2 aromatic rings. The number of nitriles is 1. The Morgan fingerprint density at radius 1 is 1.19 bits per heavy atom. The molecule has 0 amide bonds. The van der Waals surface area contributed by atoms with Crippen LogP contribution in [0.1, 0.15) is 43.0 Å². The summed E-state index contributed by atoms with van der Waals surface area (Å²) in [6.45, 7) is 0.733. The van der Waals surface area contributed by atoms with Gasteiger partial charge in [0.05, 0.1) is 30.8 Å². The van der Waals surface area contributed by atoms with E-state index in [4.69, 9.17) is 5.26 Å². The Labute approximate surface area is 125 Å². The number of rotatable bonds is 5. The summed E-state index contributed by atoms with van der Waals surface area (Å²) in [7, 11) is 0. The molecule has 21 heavy (non-hydrogen) atoms. The fourth-order valence-electron chi connectivity index (χ4n) is 2.87. The van der Waals surface area contributed by atoms with Gasteiger partial charge >= 0.3 is 0 Å². The van der Waals surface area contributed by atoms with Crippen molar-refractivity contribution < 1.29 is 0 Å². The molecule has 1 saturated carbocycles. The third kappa shape index (κ3) is 3.43. The molecule has 0 unspecified atom stereocenters. The second kappa shape index (κ2) is 6.45. The molecule has 0 aliphatic heterocycles. The minimum atomic E-state index is 0.464. The van der Waals surface area contributed by atoms with Crippen molar-refractivity contribution in [2.24, 2.45) is 0 Å². The number of hydrogen-bond acceptors (Lipinski definition) is 3. The highest BCUT2D eigenvalue weighted by Gasteiger charge is 2.17. The molecule has 4 nitrogen and oxygen atoms in total. The van der Waals surface area contributed by atoms with Gasteiger partial charge < -0.3 is 5.32 Å². The van der Waals surface area contributed by atoms with E-state index in [2.05, 4.69) is 33.4 Å². The Kier molecular flexibility index (Phi) is 4.20. The standard InChI is InChI=1S/C17H20N4/c18-11-9-14-5-7-15(8-6-14)19-13-16-10-12-21(20-16)17-3-1-2-4-17/h5-8,10,12,17,19H,1-4,9,13H2. The van der Waals surface area contributed by atoms with Gasteiger partial charge in [0.2, 0.25) is 0 Å². The van der Waals surface area contributed by atoms with Gasteiger partial charge in [-0.3, -0.25) is 4.68 Å². The van der Waals surface area contributed by atoms with Gasteiger partial charge in [-0.1, -0.05) is 25.0 Å². The molecule has 1 fully saturated rings. The van der Waals surface area contributed by atoms with Crippen LogP contribution in [0.4, 0.5) is 5.69 Å². The van der Waals surface area contributed by atoms with Crippen LogP contribution in [0.15, 0.2) is 36.5 Å². The molecule has 0 spiro atoms. The maximum atomic E-state index is 8.66. The van der Waals surface area contributed by atoms with Gasteiger partial charge in [-0.25, -0.2) is 0 Å². The van der Waals surface area contributed by atoms with E-state index in [0.717, 1.165) is 23.5 Å². The van der Waals surface area contributed by atoms with E-state index in [9.17, 15) is 0 Å². The summed E-state index contributed by atoms with van der Waals surface area (Å²) in [6.07, 6.45) is 7.74. The van der Waals surface area contributed by atoms with Crippen molar-refractivity contribution in [3.63, 3.8) is 0 Å². The summed E-state index contributed by atoms with van der Waals surface area (Å²) in [5, 5.41) is 16.7. The number of anilines is 1. The average Bonchev–Trinajstić information content (AvgIpc) is 3.18. The predicted octanol–water partition coefficient (Wildman–Crippen LogP) is 3.68. The van der Waals surface area contributed by atoms with Gasteiger partial charge in [0.1, 0.15) is 0 Å². The summed E-state index contributed by atoms with van der Waals surface area (Å²) in [5.74, 6) is 0. The highest BCUT2D eigenvalue weighted by atomic mass is 15.3. The molecule has 1 aromatic carbocycles. The molecular formula is C17H20N4. The molecule has 0 radical (unpaired) electrons. The molecule has 1 aliphatic rings. The van der Waals surface area contributed by atoms with Crippen molar-refractivity contribution in [1.29, 1.82) is 5.26 Å². The SMILES string of the molecule is N#CCc1ccc(NCc2ccn(C3CCCC3)n2)cc1. The van der Waals surface area contributed by atoms with E-state index in [-0.39, 0.29) is 0 Å². The molecule has 1 aromatic heterocycles. The molecule has 0 saturated heterocycles. The van der Waals surface area contributed by atoms with Gasteiger partial charge in [0.25, 0.3) is 0 Å². The minimum Gasteiger partial charge on any atom is -0.379 e. The lowest BCUT2D eigenvalue weighted by atomic mass is 10.1. The summed E-state index contributed by atoms with van der Waals surface area (Å²) in [6, 6.07) is 12.9. The van der Waals surface area contributed by atoms with Gasteiger partial charge in [-0.05, 0) is 36.6 Å². The number of nitrogens with zero attached hydrogens (tertiary/aromatic N) is 3. The average molecular weight is 280 g/mol. The van der Waals surface area contributed by atoms with Crippen LogP contribution in [0.25, 0.3) is 0 Å². The fourth-order valence-corrected chi connectivity index (χ4v) is 2.87. The molecule has 1 N–H and O–H groups in total. The Morgan fingerprint density at radius 2 is 1.95 bits per heavy atom. The molecule has 1 heterocycles. The number of benzene rings is 1. The number of hydrogen-bond donors (Lipinski definition) is 1. The summed E-state index contributed by atoms with van der Waals surface area (Å²) < 4.78 is 2.13. The maximum absolute atomic E-state index is 8.66. The predicted molar refractivity (Wildman–Crippen MR) is 82.8 cm³/mol. The molecule has 3 rings (SSSR count). The third-order valence-corrected chi connectivity index (χ3v) is 4.07. The van der Waals surface area contributed by atoms with E-state index in [1.165, 1.54) is 25.7 Å². The molecular weight excluding hydrogens is 260 g/mol. The van der Waals surface area contributed by atoms with Crippen molar-refractivity contribution in [3.8, 4) is 6.07 Å². The number of aromatic nitrogens is 2. The summed E-state index contributed by atoms with van der Waals surface area (Å²) in [4.78, 5) is 0. The van der Waals surface area contributed by atoms with Crippen molar-refractivity contribution in [2.75, 3.05) is 5.32 Å². The second-order valence-electron chi connectivity index (χ2n) is 5.61. The zero-order valence-electron chi connectivity index (χ0n) is 12.1. The summed E-state index contributed by atoms with van der Waals surface area (Å²) >= 11 is 0. The first-order valence-electron chi connectivity index (χ1n) is 7.59. The molecule has 108 valence electrons. The van der Waals surface area contributed by atoms with Crippen LogP contribution in [0.2, 0.25) is 0 Å². The van der Waals surface area contributed by atoms with Crippen LogP contribution in [-0.4, -0.2) is 9.78 Å². The van der Waals surface area contributed by atoms with Crippen molar-refractivity contribution in [2.45, 2.75) is 44.7 Å². The Bertz CT molecular complexity index is 615. The lowest BCUT2D eigenvalue weighted by molar-refractivity contribution is 0.463. The highest BCUT2D eigenvalue weighted by Crippen LogP contribution is 2.28. The van der Waals surface area contributed by atoms with Crippen LogP contribution in [0.3, 0.4) is 0 Å². The lowest BCUT2D eigenvalue weighted by Gasteiger charge is -2.09. The second-order valence-corrected chi connectivity index (χ2v) is 5.61. The smallest absolute Gasteiger partial charge is 0.0815 e. The first kappa shape index (κ1) is 13.7. The first-order valence-corrected chi connectivity index (χ1v) is 7.59. The Morgan fingerprint density at radius 3 is 2.67 bits per heavy atom. The largest absolute Gasteiger partial charge is 0.379 e. The van der Waals surface area contributed by atoms with Crippen LogP contribution >= 0.6 is 0 Å².